The van der Waals surface area contributed by atoms with Crippen molar-refractivity contribution < 1.29 is 28.5 Å². The minimum Gasteiger partial charge on any atom is -0.496 e. The fraction of sp³-hybridized carbons (Fsp3) is 0.333. The second-order valence-electron chi connectivity index (χ2n) is 7.12. The number of methoxy groups -OCH3 is 4. The van der Waals surface area contributed by atoms with Crippen LogP contribution in [0.15, 0.2) is 36.4 Å². The molecular formula is C24H32N4O6S2. The van der Waals surface area contributed by atoms with E-state index >= 15 is 0 Å². The lowest BCUT2D eigenvalue weighted by Crippen LogP contribution is -2.47. The molecule has 0 aromatic heterocycles. The molecule has 0 saturated heterocycles. The van der Waals surface area contributed by atoms with Crippen molar-refractivity contribution in [3.63, 3.8) is 0 Å². The molecule has 0 bridgehead atoms. The summed E-state index contributed by atoms with van der Waals surface area (Å²) in [7, 11) is 9.56. The highest BCUT2D eigenvalue weighted by atomic mass is 32.1. The van der Waals surface area contributed by atoms with Crippen LogP contribution in [0.2, 0.25) is 0 Å². The Labute approximate surface area is 222 Å². The Morgan fingerprint density at radius 1 is 0.861 bits per heavy atom. The number of amides is 2. The Morgan fingerprint density at radius 2 is 1.25 bits per heavy atom. The summed E-state index contributed by atoms with van der Waals surface area (Å²) < 4.78 is 20.9. The second-order valence-corrected chi connectivity index (χ2v) is 7.91. The van der Waals surface area contributed by atoms with Crippen LogP contribution in [0.5, 0.6) is 23.0 Å². The van der Waals surface area contributed by atoms with Crippen molar-refractivity contribution in [2.24, 2.45) is 11.7 Å². The number of benzene rings is 2. The molecule has 0 aliphatic heterocycles. The summed E-state index contributed by atoms with van der Waals surface area (Å²) in [5.74, 6) is 0.205. The van der Waals surface area contributed by atoms with E-state index in [0.717, 1.165) is 5.56 Å². The lowest BCUT2D eigenvalue weighted by molar-refractivity contribution is -0.134. The van der Waals surface area contributed by atoms with E-state index in [-0.39, 0.29) is 4.99 Å². The van der Waals surface area contributed by atoms with Gasteiger partial charge in [0.1, 0.15) is 38.9 Å². The topological polar surface area (TPSA) is 124 Å². The molecule has 2 rings (SSSR count). The largest absolute Gasteiger partial charge is 0.496 e. The zero-order valence-electron chi connectivity index (χ0n) is 21.3. The standard InChI is InChI=1S/C14H19N3O4S.C10H13NO2S/c1-8(12(15)18)13(19)16-17(2)14(22)11-9(20-3)6-5-7-10(11)21-4;1-11-10(14)9-7(12-2)5-4-6-8(9)13-3/h5-8H,1-4H3,(H2,15,18)(H,16,19);4-6H,1-3H3,(H,11,14). The highest BCUT2D eigenvalue weighted by Gasteiger charge is 2.23. The van der Waals surface area contributed by atoms with E-state index in [4.69, 9.17) is 49.1 Å². The molecule has 0 aliphatic carbocycles. The molecule has 4 N–H and O–H groups in total. The molecule has 0 saturated carbocycles. The maximum absolute atomic E-state index is 11.9. The summed E-state index contributed by atoms with van der Waals surface area (Å²) >= 11 is 10.5. The van der Waals surface area contributed by atoms with Crippen LogP contribution in [0.3, 0.4) is 0 Å². The zero-order valence-corrected chi connectivity index (χ0v) is 23.0. The van der Waals surface area contributed by atoms with Gasteiger partial charge < -0.3 is 30.0 Å². The number of nitrogens with zero attached hydrogens (tertiary/aromatic N) is 1. The first-order valence-corrected chi connectivity index (χ1v) is 11.4. The van der Waals surface area contributed by atoms with E-state index in [1.807, 2.05) is 18.2 Å². The van der Waals surface area contributed by atoms with Crippen LogP contribution in [0, 0.1) is 5.92 Å². The summed E-state index contributed by atoms with van der Waals surface area (Å²) in [6.45, 7) is 1.41. The van der Waals surface area contributed by atoms with Gasteiger partial charge in [-0.05, 0) is 31.2 Å². The van der Waals surface area contributed by atoms with Crippen LogP contribution >= 0.6 is 24.4 Å². The Morgan fingerprint density at radius 3 is 1.58 bits per heavy atom. The predicted octanol–water partition coefficient (Wildman–Crippen LogP) is 2.06. The van der Waals surface area contributed by atoms with Gasteiger partial charge in [0, 0.05) is 14.1 Å². The zero-order chi connectivity index (χ0) is 27.4. The SMILES string of the molecule is CNC(=S)c1c(OC)cccc1OC.COc1cccc(OC)c1C(=S)N(C)NC(=O)C(C)C(N)=O. The van der Waals surface area contributed by atoms with Gasteiger partial charge in [-0.2, -0.15) is 0 Å². The number of carbonyl (C=O) groups excluding carboxylic acids is 2. The Balaban J connectivity index is 0.000000397. The molecule has 0 spiro atoms. The first-order valence-electron chi connectivity index (χ1n) is 10.6. The Bertz CT molecular complexity index is 1050. The molecule has 2 aromatic rings. The van der Waals surface area contributed by atoms with Gasteiger partial charge >= 0.3 is 0 Å². The Kier molecular flexibility index (Phi) is 12.4. The molecule has 0 aliphatic rings. The second kappa shape index (κ2) is 14.7. The number of nitrogens with two attached hydrogens (primary N) is 1. The van der Waals surface area contributed by atoms with Crippen LogP contribution in [0.1, 0.15) is 18.1 Å². The molecule has 0 fully saturated rings. The number of hydrazine groups is 1. The van der Waals surface area contributed by atoms with Gasteiger partial charge in [-0.25, -0.2) is 0 Å². The average Bonchev–Trinajstić information content (AvgIpc) is 2.90. The minimum absolute atomic E-state index is 0.277. The third-order valence-electron chi connectivity index (χ3n) is 4.93. The summed E-state index contributed by atoms with van der Waals surface area (Å²) in [4.78, 5) is 23.8. The van der Waals surface area contributed by atoms with Crippen LogP contribution in [-0.2, 0) is 9.59 Å². The van der Waals surface area contributed by atoms with Crippen LogP contribution in [-0.4, -0.2) is 69.3 Å². The summed E-state index contributed by atoms with van der Waals surface area (Å²) in [6.07, 6.45) is 0. The molecule has 2 amide bonds. The minimum atomic E-state index is -0.968. The van der Waals surface area contributed by atoms with Gasteiger partial charge in [-0.1, -0.05) is 36.6 Å². The van der Waals surface area contributed by atoms with Gasteiger partial charge in [0.05, 0.1) is 39.6 Å². The lowest BCUT2D eigenvalue weighted by atomic mass is 10.1. The fourth-order valence-corrected chi connectivity index (χ4v) is 3.32. The average molecular weight is 537 g/mol. The summed E-state index contributed by atoms with van der Waals surface area (Å²) in [6, 6.07) is 10.8. The molecular weight excluding hydrogens is 504 g/mol. The number of rotatable bonds is 8. The van der Waals surface area contributed by atoms with E-state index in [1.165, 1.54) is 26.2 Å². The molecule has 0 radical (unpaired) electrons. The van der Waals surface area contributed by atoms with Crippen molar-refractivity contribution >= 4 is 46.2 Å². The predicted molar refractivity (Wildman–Crippen MR) is 146 cm³/mol. The van der Waals surface area contributed by atoms with Crippen molar-refractivity contribution in [2.45, 2.75) is 6.92 Å². The van der Waals surface area contributed by atoms with E-state index in [2.05, 4.69) is 10.7 Å². The monoisotopic (exact) mass is 536 g/mol. The first kappa shape index (κ1) is 30.4. The van der Waals surface area contributed by atoms with Gasteiger partial charge in [0.2, 0.25) is 5.91 Å². The number of hydrogen-bond donors (Lipinski definition) is 3. The highest BCUT2D eigenvalue weighted by molar-refractivity contribution is 7.81. The van der Waals surface area contributed by atoms with Gasteiger partial charge in [0.15, 0.2) is 0 Å². The highest BCUT2D eigenvalue weighted by Crippen LogP contribution is 2.30. The summed E-state index contributed by atoms with van der Waals surface area (Å²) in [5.41, 5.74) is 8.92. The molecule has 1 atom stereocenters. The van der Waals surface area contributed by atoms with Crippen molar-refractivity contribution in [1.29, 1.82) is 0 Å². The van der Waals surface area contributed by atoms with Crippen molar-refractivity contribution in [3.8, 4) is 23.0 Å². The van der Waals surface area contributed by atoms with Crippen molar-refractivity contribution in [3.05, 3.63) is 47.5 Å². The maximum atomic E-state index is 11.9. The molecule has 2 aromatic carbocycles. The lowest BCUT2D eigenvalue weighted by Gasteiger charge is -2.24. The smallest absolute Gasteiger partial charge is 0.250 e. The Hall–Kier alpha value is -3.64. The molecule has 196 valence electrons. The molecule has 12 heteroatoms. The number of thiocarbonyl (C=S) groups is 2. The van der Waals surface area contributed by atoms with E-state index < -0.39 is 17.7 Å². The first-order chi connectivity index (χ1) is 17.1. The number of carbonyl (C=O) groups is 2. The molecule has 36 heavy (non-hydrogen) atoms. The van der Waals surface area contributed by atoms with Crippen LogP contribution in [0.4, 0.5) is 0 Å². The number of nitrogens with one attached hydrogen (secondary N) is 2. The third kappa shape index (κ3) is 7.68. The molecule has 0 heterocycles. The van der Waals surface area contributed by atoms with E-state index in [1.54, 1.807) is 46.5 Å². The number of ether oxygens (including phenoxy) is 4. The van der Waals surface area contributed by atoms with E-state index in [0.29, 0.717) is 33.6 Å². The fourth-order valence-electron chi connectivity index (χ4n) is 2.87. The maximum Gasteiger partial charge on any atom is 0.250 e. The quantitative estimate of drug-likeness (QED) is 0.262. The van der Waals surface area contributed by atoms with Gasteiger partial charge in [-0.3, -0.25) is 20.0 Å². The van der Waals surface area contributed by atoms with Gasteiger partial charge in [-0.15, -0.1) is 0 Å². The molecule has 1 unspecified atom stereocenters. The molecule has 10 nitrogen and oxygen atoms in total. The summed E-state index contributed by atoms with van der Waals surface area (Å²) in [5, 5.41) is 4.22. The van der Waals surface area contributed by atoms with Crippen molar-refractivity contribution in [2.75, 3.05) is 42.5 Å². The normalized spacial score (nSPS) is 10.5. The van der Waals surface area contributed by atoms with Crippen LogP contribution < -0.4 is 35.4 Å². The van der Waals surface area contributed by atoms with Crippen LogP contribution in [0.25, 0.3) is 0 Å². The van der Waals surface area contributed by atoms with E-state index in [9.17, 15) is 9.59 Å². The third-order valence-corrected chi connectivity index (χ3v) is 5.81. The van der Waals surface area contributed by atoms with Gasteiger partial charge in [0.25, 0.3) is 5.91 Å². The number of hydrogen-bond acceptors (Lipinski definition) is 8. The van der Waals surface area contributed by atoms with Crippen molar-refractivity contribution in [1.82, 2.24) is 15.8 Å². The number of primary amides is 1.